The second-order valence-corrected chi connectivity index (χ2v) is 3.72. The number of aromatic nitrogens is 2. The number of benzene rings is 1. The van der Waals surface area contributed by atoms with Crippen molar-refractivity contribution in [2.75, 3.05) is 12.8 Å². The van der Waals surface area contributed by atoms with Crippen LogP contribution in [0.4, 0.5) is 5.69 Å². The van der Waals surface area contributed by atoms with Crippen LogP contribution in [0.3, 0.4) is 0 Å². The zero-order valence-electron chi connectivity index (χ0n) is 9.93. The van der Waals surface area contributed by atoms with Crippen molar-refractivity contribution in [2.24, 2.45) is 0 Å². The van der Waals surface area contributed by atoms with E-state index in [1.54, 1.807) is 37.6 Å². The lowest BCUT2D eigenvalue weighted by atomic mass is 10.1. The molecule has 0 atom stereocenters. The summed E-state index contributed by atoms with van der Waals surface area (Å²) in [5, 5.41) is 9.31. The van der Waals surface area contributed by atoms with Crippen molar-refractivity contribution in [1.29, 1.82) is 0 Å². The van der Waals surface area contributed by atoms with Crippen LogP contribution in [0.5, 0.6) is 5.75 Å². The number of methoxy groups -OCH3 is 1. The summed E-state index contributed by atoms with van der Waals surface area (Å²) in [5.74, 6) is 0.391. The van der Waals surface area contributed by atoms with Gasteiger partial charge in [0.15, 0.2) is 0 Å². The maximum absolute atomic E-state index is 11.9. The molecule has 1 aromatic heterocycles. The molecule has 0 saturated heterocycles. The zero-order chi connectivity index (χ0) is 13.0. The Morgan fingerprint density at radius 3 is 2.94 bits per heavy atom. The lowest BCUT2D eigenvalue weighted by molar-refractivity contribution is 0.0951. The first-order valence-electron chi connectivity index (χ1n) is 5.40. The Bertz CT molecular complexity index is 537. The molecule has 0 saturated carbocycles. The third-order valence-electron chi connectivity index (χ3n) is 2.50. The number of ether oxygens (including phenoxy) is 1. The lowest BCUT2D eigenvalue weighted by Crippen LogP contribution is -2.24. The first-order chi connectivity index (χ1) is 8.70. The van der Waals surface area contributed by atoms with Crippen molar-refractivity contribution in [3.8, 4) is 5.75 Å². The number of anilines is 1. The summed E-state index contributed by atoms with van der Waals surface area (Å²) in [6.45, 7) is 0.379. The van der Waals surface area contributed by atoms with Crippen LogP contribution < -0.4 is 15.8 Å². The molecule has 1 heterocycles. The molecule has 94 valence electrons. The van der Waals surface area contributed by atoms with Gasteiger partial charge in [-0.15, -0.1) is 0 Å². The van der Waals surface area contributed by atoms with E-state index in [0.717, 1.165) is 5.69 Å². The minimum Gasteiger partial charge on any atom is -0.497 e. The minimum absolute atomic E-state index is 0.232. The largest absolute Gasteiger partial charge is 0.497 e. The summed E-state index contributed by atoms with van der Waals surface area (Å²) in [7, 11) is 1.55. The maximum Gasteiger partial charge on any atom is 0.253 e. The molecular formula is C12H14N4O2. The number of rotatable bonds is 4. The van der Waals surface area contributed by atoms with Crippen molar-refractivity contribution < 1.29 is 9.53 Å². The van der Waals surface area contributed by atoms with Gasteiger partial charge >= 0.3 is 0 Å². The number of hydrogen-bond donors (Lipinski definition) is 3. The van der Waals surface area contributed by atoms with Gasteiger partial charge in [0.2, 0.25) is 0 Å². The van der Waals surface area contributed by atoms with Gasteiger partial charge in [0.05, 0.1) is 24.9 Å². The predicted octanol–water partition coefficient (Wildman–Crippen LogP) is 0.930. The molecule has 0 radical (unpaired) electrons. The number of nitrogens with two attached hydrogens (primary N) is 1. The lowest BCUT2D eigenvalue weighted by Gasteiger charge is -2.08. The van der Waals surface area contributed by atoms with Gasteiger partial charge < -0.3 is 15.8 Å². The summed E-state index contributed by atoms with van der Waals surface area (Å²) in [6.07, 6.45) is 1.63. The van der Waals surface area contributed by atoms with Crippen molar-refractivity contribution in [2.45, 2.75) is 6.54 Å². The Hall–Kier alpha value is -2.50. The molecule has 0 bridgehead atoms. The molecule has 0 unspecified atom stereocenters. The standard InChI is InChI=1S/C12H14N4O2/c1-18-9-2-3-10(11(13)6-9)12(17)14-7-8-4-5-15-16-8/h2-6H,7,13H2,1H3,(H,14,17)(H,15,16). The third-order valence-corrected chi connectivity index (χ3v) is 2.50. The van der Waals surface area contributed by atoms with Crippen LogP contribution in [-0.4, -0.2) is 23.2 Å². The molecular weight excluding hydrogens is 232 g/mol. The number of amides is 1. The number of nitrogens with one attached hydrogen (secondary N) is 2. The highest BCUT2D eigenvalue weighted by Gasteiger charge is 2.10. The topological polar surface area (TPSA) is 93.0 Å². The highest BCUT2D eigenvalue weighted by atomic mass is 16.5. The SMILES string of the molecule is COc1ccc(C(=O)NCc2ccn[nH]2)c(N)c1. The quantitative estimate of drug-likeness (QED) is 0.700. The van der Waals surface area contributed by atoms with Gasteiger partial charge in [-0.25, -0.2) is 0 Å². The van der Waals surface area contributed by atoms with Crippen molar-refractivity contribution in [3.63, 3.8) is 0 Å². The summed E-state index contributed by atoms with van der Waals surface area (Å²) >= 11 is 0. The summed E-state index contributed by atoms with van der Waals surface area (Å²) in [4.78, 5) is 11.9. The minimum atomic E-state index is -0.232. The van der Waals surface area contributed by atoms with E-state index >= 15 is 0 Å². The molecule has 4 N–H and O–H groups in total. The molecule has 0 fully saturated rings. The first kappa shape index (κ1) is 12.0. The van der Waals surface area contributed by atoms with Gasteiger partial charge in [-0.2, -0.15) is 5.10 Å². The highest BCUT2D eigenvalue weighted by Crippen LogP contribution is 2.19. The van der Waals surface area contributed by atoms with Crippen LogP contribution in [0.25, 0.3) is 0 Å². The number of carbonyl (C=O) groups excluding carboxylic acids is 1. The second-order valence-electron chi connectivity index (χ2n) is 3.72. The Morgan fingerprint density at radius 1 is 1.50 bits per heavy atom. The van der Waals surface area contributed by atoms with Crippen molar-refractivity contribution >= 4 is 11.6 Å². The molecule has 18 heavy (non-hydrogen) atoms. The van der Waals surface area contributed by atoms with Crippen LogP contribution in [0.15, 0.2) is 30.5 Å². The molecule has 2 aromatic rings. The Labute approximate surface area is 104 Å². The third kappa shape index (κ3) is 2.60. The molecule has 2 rings (SSSR count). The second kappa shape index (κ2) is 5.22. The number of H-pyrrole nitrogens is 1. The summed E-state index contributed by atoms with van der Waals surface area (Å²) in [5.41, 5.74) is 7.43. The van der Waals surface area contributed by atoms with Crippen LogP contribution in [0.1, 0.15) is 16.1 Å². The van der Waals surface area contributed by atoms with Gasteiger partial charge in [-0.1, -0.05) is 0 Å². The fraction of sp³-hybridized carbons (Fsp3) is 0.167. The molecule has 6 heteroatoms. The van der Waals surface area contributed by atoms with Gasteiger partial charge in [-0.05, 0) is 18.2 Å². The molecule has 1 amide bonds. The molecule has 6 nitrogen and oxygen atoms in total. The van der Waals surface area contributed by atoms with Crippen molar-refractivity contribution in [1.82, 2.24) is 15.5 Å². The van der Waals surface area contributed by atoms with E-state index in [-0.39, 0.29) is 5.91 Å². The zero-order valence-corrected chi connectivity index (χ0v) is 9.93. The summed E-state index contributed by atoms with van der Waals surface area (Å²) < 4.78 is 5.02. The molecule has 1 aromatic carbocycles. The van der Waals surface area contributed by atoms with E-state index < -0.39 is 0 Å². The number of carbonyl (C=O) groups is 1. The van der Waals surface area contributed by atoms with E-state index in [2.05, 4.69) is 15.5 Å². The Morgan fingerprint density at radius 2 is 2.33 bits per heavy atom. The predicted molar refractivity (Wildman–Crippen MR) is 67.2 cm³/mol. The Balaban J connectivity index is 2.04. The number of nitrogen functional groups attached to an aromatic ring is 1. The van der Waals surface area contributed by atoms with E-state index in [1.165, 1.54) is 0 Å². The van der Waals surface area contributed by atoms with E-state index in [1.807, 2.05) is 0 Å². The van der Waals surface area contributed by atoms with E-state index in [9.17, 15) is 4.79 Å². The highest BCUT2D eigenvalue weighted by molar-refractivity contribution is 5.99. The van der Waals surface area contributed by atoms with E-state index in [4.69, 9.17) is 10.5 Å². The molecule has 0 aliphatic rings. The van der Waals surface area contributed by atoms with Gasteiger partial charge in [0, 0.05) is 18.0 Å². The number of nitrogens with zero attached hydrogens (tertiary/aromatic N) is 1. The molecule has 0 spiro atoms. The average molecular weight is 246 g/mol. The fourth-order valence-electron chi connectivity index (χ4n) is 1.53. The van der Waals surface area contributed by atoms with Crippen LogP contribution >= 0.6 is 0 Å². The fourth-order valence-corrected chi connectivity index (χ4v) is 1.53. The molecule has 0 aliphatic carbocycles. The average Bonchev–Trinajstić information content (AvgIpc) is 2.88. The normalized spacial score (nSPS) is 10.1. The van der Waals surface area contributed by atoms with Crippen LogP contribution in [-0.2, 0) is 6.54 Å². The van der Waals surface area contributed by atoms with Gasteiger partial charge in [-0.3, -0.25) is 9.89 Å². The maximum atomic E-state index is 11.9. The van der Waals surface area contributed by atoms with Crippen LogP contribution in [0.2, 0.25) is 0 Å². The van der Waals surface area contributed by atoms with Crippen molar-refractivity contribution in [3.05, 3.63) is 41.7 Å². The molecule has 0 aliphatic heterocycles. The van der Waals surface area contributed by atoms with Crippen LogP contribution in [0, 0.1) is 0 Å². The number of aromatic amines is 1. The summed E-state index contributed by atoms with van der Waals surface area (Å²) in [6, 6.07) is 6.74. The Kier molecular flexibility index (Phi) is 3.47. The number of hydrogen-bond acceptors (Lipinski definition) is 4. The smallest absolute Gasteiger partial charge is 0.253 e. The monoisotopic (exact) mass is 246 g/mol. The van der Waals surface area contributed by atoms with Gasteiger partial charge in [0.1, 0.15) is 5.75 Å². The van der Waals surface area contributed by atoms with E-state index in [0.29, 0.717) is 23.5 Å². The van der Waals surface area contributed by atoms with Gasteiger partial charge in [0.25, 0.3) is 5.91 Å². The first-order valence-corrected chi connectivity index (χ1v) is 5.40.